The molecule has 15 heavy (non-hydrogen) atoms. The van der Waals surface area contributed by atoms with E-state index in [0.717, 1.165) is 23.5 Å². The molecule has 0 aliphatic rings. The van der Waals surface area contributed by atoms with Crippen LogP contribution in [-0.2, 0) is 17.7 Å². The van der Waals surface area contributed by atoms with Crippen LogP contribution in [0.4, 0.5) is 0 Å². The summed E-state index contributed by atoms with van der Waals surface area (Å²) in [7, 11) is 1.67. The van der Waals surface area contributed by atoms with Crippen molar-refractivity contribution in [2.45, 2.75) is 13.0 Å². The molecule has 0 saturated heterocycles. The Morgan fingerprint density at radius 2 is 2.40 bits per heavy atom. The molecule has 0 bridgehead atoms. The summed E-state index contributed by atoms with van der Waals surface area (Å²) in [6.07, 6.45) is 2.61. The average Bonchev–Trinajstić information content (AvgIpc) is 2.67. The van der Waals surface area contributed by atoms with Gasteiger partial charge in [0.05, 0.1) is 6.61 Å². The molecular weight excluding hydrogens is 192 g/mol. The number of nitrogens with two attached hydrogens (primary N) is 1. The van der Waals surface area contributed by atoms with Crippen LogP contribution in [0.1, 0.15) is 11.4 Å². The second kappa shape index (κ2) is 4.37. The molecule has 0 amide bonds. The molecule has 0 aliphatic heterocycles. The van der Waals surface area contributed by atoms with Gasteiger partial charge in [0.2, 0.25) is 0 Å². The van der Waals surface area contributed by atoms with Gasteiger partial charge in [-0.25, -0.2) is 9.50 Å². The fraction of sp³-hybridized carbons (Fsp3) is 0.400. The highest BCUT2D eigenvalue weighted by atomic mass is 16.5. The first-order valence-electron chi connectivity index (χ1n) is 4.86. The average molecular weight is 206 g/mol. The molecule has 0 fully saturated rings. The van der Waals surface area contributed by atoms with Crippen LogP contribution in [0.5, 0.6) is 0 Å². The van der Waals surface area contributed by atoms with Gasteiger partial charge in [-0.3, -0.25) is 0 Å². The Hall–Kier alpha value is -1.46. The summed E-state index contributed by atoms with van der Waals surface area (Å²) < 4.78 is 6.73. The van der Waals surface area contributed by atoms with Gasteiger partial charge in [0, 0.05) is 26.3 Å². The lowest BCUT2D eigenvalue weighted by Crippen LogP contribution is -1.98. The van der Waals surface area contributed by atoms with Crippen molar-refractivity contribution in [2.75, 3.05) is 13.7 Å². The van der Waals surface area contributed by atoms with Crippen LogP contribution >= 0.6 is 0 Å². The first-order valence-corrected chi connectivity index (χ1v) is 4.86. The van der Waals surface area contributed by atoms with Crippen molar-refractivity contribution < 1.29 is 4.74 Å². The minimum Gasteiger partial charge on any atom is -0.384 e. The quantitative estimate of drug-likeness (QED) is 0.785. The Kier molecular flexibility index (Phi) is 2.94. The van der Waals surface area contributed by atoms with E-state index in [-0.39, 0.29) is 0 Å². The van der Waals surface area contributed by atoms with E-state index in [9.17, 15) is 0 Å². The number of ether oxygens (including phenoxy) is 1. The lowest BCUT2D eigenvalue weighted by atomic mass is 10.3. The Bertz CT molecular complexity index is 452. The molecule has 2 aromatic rings. The predicted molar refractivity (Wildman–Crippen MR) is 56.5 cm³/mol. The summed E-state index contributed by atoms with van der Waals surface area (Å²) in [6, 6.07) is 3.89. The van der Waals surface area contributed by atoms with Crippen molar-refractivity contribution in [3.05, 3.63) is 29.7 Å². The molecule has 80 valence electrons. The summed E-state index contributed by atoms with van der Waals surface area (Å²) in [5.74, 6) is 0.797. The Morgan fingerprint density at radius 3 is 3.13 bits per heavy atom. The van der Waals surface area contributed by atoms with Crippen LogP contribution in [0, 0.1) is 0 Å². The number of nitrogens with zero attached hydrogens (tertiary/aromatic N) is 3. The monoisotopic (exact) mass is 206 g/mol. The minimum atomic E-state index is 0.525. The zero-order valence-corrected chi connectivity index (χ0v) is 8.68. The van der Waals surface area contributed by atoms with E-state index in [4.69, 9.17) is 10.5 Å². The maximum absolute atomic E-state index is 5.55. The summed E-state index contributed by atoms with van der Waals surface area (Å²) in [6.45, 7) is 1.16. The van der Waals surface area contributed by atoms with Crippen LogP contribution in [-0.4, -0.2) is 28.3 Å². The lowest BCUT2D eigenvalue weighted by Gasteiger charge is -1.94. The maximum atomic E-state index is 5.55. The van der Waals surface area contributed by atoms with Crippen LogP contribution in [0.3, 0.4) is 0 Å². The summed E-state index contributed by atoms with van der Waals surface area (Å²) in [4.78, 5) is 4.38. The van der Waals surface area contributed by atoms with Gasteiger partial charge < -0.3 is 10.5 Å². The molecule has 0 atom stereocenters. The first kappa shape index (κ1) is 10.1. The highest BCUT2D eigenvalue weighted by Gasteiger charge is 2.03. The van der Waals surface area contributed by atoms with E-state index in [1.165, 1.54) is 0 Å². The number of aromatic nitrogens is 3. The molecule has 0 saturated carbocycles. The smallest absolute Gasteiger partial charge is 0.155 e. The van der Waals surface area contributed by atoms with Gasteiger partial charge in [0.25, 0.3) is 0 Å². The number of hydrogen-bond acceptors (Lipinski definition) is 4. The van der Waals surface area contributed by atoms with Gasteiger partial charge >= 0.3 is 0 Å². The van der Waals surface area contributed by atoms with Crippen molar-refractivity contribution in [2.24, 2.45) is 5.73 Å². The number of methoxy groups -OCH3 is 1. The van der Waals surface area contributed by atoms with E-state index in [0.29, 0.717) is 13.2 Å². The predicted octanol–water partition coefficient (Wildman–Crippen LogP) is 0.377. The highest BCUT2D eigenvalue weighted by molar-refractivity contribution is 5.40. The highest BCUT2D eigenvalue weighted by Crippen LogP contribution is 2.05. The van der Waals surface area contributed by atoms with Crippen molar-refractivity contribution in [3.63, 3.8) is 0 Å². The van der Waals surface area contributed by atoms with Crippen LogP contribution in [0.15, 0.2) is 18.3 Å². The zero-order valence-electron chi connectivity index (χ0n) is 8.68. The van der Waals surface area contributed by atoms with E-state index in [1.54, 1.807) is 11.6 Å². The largest absolute Gasteiger partial charge is 0.384 e. The number of hydrogen-bond donors (Lipinski definition) is 1. The van der Waals surface area contributed by atoms with Crippen LogP contribution < -0.4 is 5.73 Å². The maximum Gasteiger partial charge on any atom is 0.155 e. The standard InChI is InChI=1S/C10H14N4O/c1-15-5-3-9-12-10-6-8(7-11)2-4-14(10)13-9/h2,4,6H,3,5,7,11H2,1H3. The van der Waals surface area contributed by atoms with Crippen molar-refractivity contribution in [3.8, 4) is 0 Å². The molecule has 2 aromatic heterocycles. The third-order valence-electron chi connectivity index (χ3n) is 2.21. The van der Waals surface area contributed by atoms with E-state index in [1.807, 2.05) is 18.3 Å². The lowest BCUT2D eigenvalue weighted by molar-refractivity contribution is 0.200. The second-order valence-corrected chi connectivity index (χ2v) is 3.31. The molecule has 5 heteroatoms. The molecule has 2 rings (SSSR count). The van der Waals surface area contributed by atoms with Crippen LogP contribution in [0.25, 0.3) is 5.65 Å². The molecule has 0 unspecified atom stereocenters. The van der Waals surface area contributed by atoms with E-state index in [2.05, 4.69) is 10.1 Å². The number of fused-ring (bicyclic) bond motifs is 1. The third kappa shape index (κ3) is 2.14. The van der Waals surface area contributed by atoms with Gasteiger partial charge in [0.1, 0.15) is 0 Å². The Balaban J connectivity index is 2.29. The minimum absolute atomic E-state index is 0.525. The van der Waals surface area contributed by atoms with Gasteiger partial charge in [0.15, 0.2) is 11.5 Å². The van der Waals surface area contributed by atoms with Gasteiger partial charge in [-0.1, -0.05) is 0 Å². The Labute approximate surface area is 87.9 Å². The second-order valence-electron chi connectivity index (χ2n) is 3.31. The topological polar surface area (TPSA) is 65.4 Å². The Morgan fingerprint density at radius 1 is 1.53 bits per heavy atom. The number of pyridine rings is 1. The number of rotatable bonds is 4. The van der Waals surface area contributed by atoms with Crippen molar-refractivity contribution in [1.29, 1.82) is 0 Å². The molecule has 2 N–H and O–H groups in total. The van der Waals surface area contributed by atoms with E-state index < -0.39 is 0 Å². The molecule has 2 heterocycles. The molecule has 0 radical (unpaired) electrons. The van der Waals surface area contributed by atoms with Crippen LogP contribution in [0.2, 0.25) is 0 Å². The first-order chi connectivity index (χ1) is 7.33. The molecule has 0 aromatic carbocycles. The van der Waals surface area contributed by atoms with Gasteiger partial charge in [-0.15, -0.1) is 0 Å². The summed E-state index contributed by atoms with van der Waals surface area (Å²) in [5, 5.41) is 4.31. The molecule has 5 nitrogen and oxygen atoms in total. The van der Waals surface area contributed by atoms with Gasteiger partial charge in [-0.05, 0) is 17.7 Å². The fourth-order valence-electron chi connectivity index (χ4n) is 1.40. The van der Waals surface area contributed by atoms with Gasteiger partial charge in [-0.2, -0.15) is 5.10 Å². The zero-order chi connectivity index (χ0) is 10.7. The molecule has 0 aliphatic carbocycles. The molecular formula is C10H14N4O. The summed E-state index contributed by atoms with van der Waals surface area (Å²) >= 11 is 0. The van der Waals surface area contributed by atoms with E-state index >= 15 is 0 Å². The fourth-order valence-corrected chi connectivity index (χ4v) is 1.40. The normalized spacial score (nSPS) is 11.1. The van der Waals surface area contributed by atoms with Crippen molar-refractivity contribution in [1.82, 2.24) is 14.6 Å². The third-order valence-corrected chi connectivity index (χ3v) is 2.21. The molecule has 0 spiro atoms. The SMILES string of the molecule is COCCc1nc2cc(CN)ccn2n1. The summed E-state index contributed by atoms with van der Waals surface area (Å²) in [5.41, 5.74) is 7.45. The van der Waals surface area contributed by atoms with Crippen molar-refractivity contribution >= 4 is 5.65 Å².